The number of esters is 1. The Kier molecular flexibility index (Phi) is 4.75. The SMILES string of the molecule is COC(=O)Cn1c(=O)c2c(nc3n(-c4ccc(C(F)(F)F)cc4)c(C)c(C)n23)n(C)c1=O. The number of methoxy groups -OCH3 is 1. The summed E-state index contributed by atoms with van der Waals surface area (Å²) in [6.07, 6.45) is -4.47. The van der Waals surface area contributed by atoms with E-state index in [0.717, 1.165) is 28.4 Å². The molecule has 3 heterocycles. The second-order valence-corrected chi connectivity index (χ2v) is 7.28. The minimum atomic E-state index is -4.47. The summed E-state index contributed by atoms with van der Waals surface area (Å²) in [5, 5.41) is 0. The molecule has 9 nitrogen and oxygen atoms in total. The normalized spacial score (nSPS) is 12.1. The monoisotopic (exact) mass is 449 g/mol. The van der Waals surface area contributed by atoms with Crippen molar-refractivity contribution in [3.05, 3.63) is 62.1 Å². The molecule has 32 heavy (non-hydrogen) atoms. The topological polar surface area (TPSA) is 92.5 Å². The third-order valence-corrected chi connectivity index (χ3v) is 5.49. The number of rotatable bonds is 3. The van der Waals surface area contributed by atoms with E-state index in [1.807, 2.05) is 0 Å². The number of carbonyl (C=O) groups is 1. The summed E-state index contributed by atoms with van der Waals surface area (Å²) in [6.45, 7) is 2.89. The molecule has 0 N–H and O–H groups in total. The van der Waals surface area contributed by atoms with Crippen molar-refractivity contribution in [2.24, 2.45) is 7.05 Å². The Hall–Kier alpha value is -3.83. The van der Waals surface area contributed by atoms with Crippen LogP contribution in [-0.2, 0) is 29.3 Å². The summed E-state index contributed by atoms with van der Waals surface area (Å²) in [7, 11) is 2.56. The molecule has 4 aromatic rings. The van der Waals surface area contributed by atoms with Crippen molar-refractivity contribution >= 4 is 22.9 Å². The van der Waals surface area contributed by atoms with Crippen molar-refractivity contribution in [1.82, 2.24) is 23.1 Å². The molecule has 0 saturated carbocycles. The van der Waals surface area contributed by atoms with Gasteiger partial charge in [0, 0.05) is 24.1 Å². The van der Waals surface area contributed by atoms with Gasteiger partial charge in [0.1, 0.15) is 6.54 Å². The largest absolute Gasteiger partial charge is 0.468 e. The Balaban J connectivity index is 2.05. The highest BCUT2D eigenvalue weighted by Gasteiger charge is 2.30. The van der Waals surface area contributed by atoms with Crippen LogP contribution in [0.4, 0.5) is 13.2 Å². The molecule has 0 atom stereocenters. The first-order chi connectivity index (χ1) is 15.0. The lowest BCUT2D eigenvalue weighted by atomic mass is 10.2. The zero-order valence-electron chi connectivity index (χ0n) is 17.5. The minimum absolute atomic E-state index is 0.0669. The van der Waals surface area contributed by atoms with Gasteiger partial charge in [-0.25, -0.2) is 9.36 Å². The second kappa shape index (κ2) is 7.11. The summed E-state index contributed by atoms with van der Waals surface area (Å²) in [5.74, 6) is -0.516. The molecule has 0 unspecified atom stereocenters. The molecule has 0 fully saturated rings. The van der Waals surface area contributed by atoms with Crippen molar-refractivity contribution in [3.8, 4) is 5.69 Å². The number of aromatic nitrogens is 5. The van der Waals surface area contributed by atoms with E-state index in [-0.39, 0.29) is 16.9 Å². The maximum atomic E-state index is 13.1. The molecule has 0 radical (unpaired) electrons. The number of hydrogen-bond acceptors (Lipinski definition) is 5. The lowest BCUT2D eigenvalue weighted by Gasteiger charge is -2.10. The zero-order chi connectivity index (χ0) is 23.5. The van der Waals surface area contributed by atoms with Crippen LogP contribution in [0.1, 0.15) is 17.0 Å². The van der Waals surface area contributed by atoms with E-state index in [1.54, 1.807) is 18.4 Å². The molecule has 3 aromatic heterocycles. The Morgan fingerprint density at radius 2 is 1.72 bits per heavy atom. The van der Waals surface area contributed by atoms with E-state index in [4.69, 9.17) is 0 Å². The number of hydrogen-bond donors (Lipinski definition) is 0. The van der Waals surface area contributed by atoms with Crippen LogP contribution in [0.3, 0.4) is 0 Å². The van der Waals surface area contributed by atoms with Crippen LogP contribution in [0, 0.1) is 13.8 Å². The highest BCUT2D eigenvalue weighted by atomic mass is 19.4. The van der Waals surface area contributed by atoms with Crippen molar-refractivity contribution < 1.29 is 22.7 Å². The van der Waals surface area contributed by atoms with Crippen LogP contribution in [0.5, 0.6) is 0 Å². The van der Waals surface area contributed by atoms with E-state index in [0.29, 0.717) is 17.1 Å². The Labute approximate surface area is 177 Å². The lowest BCUT2D eigenvalue weighted by Crippen LogP contribution is -2.41. The van der Waals surface area contributed by atoms with Gasteiger partial charge in [-0.15, -0.1) is 0 Å². The number of nitrogens with zero attached hydrogens (tertiary/aromatic N) is 5. The molecule has 168 valence electrons. The summed E-state index contributed by atoms with van der Waals surface area (Å²) in [6, 6.07) is 4.54. The predicted molar refractivity (Wildman–Crippen MR) is 108 cm³/mol. The summed E-state index contributed by atoms with van der Waals surface area (Å²) >= 11 is 0. The van der Waals surface area contributed by atoms with E-state index < -0.39 is 35.5 Å². The molecular formula is C20H18F3N5O4. The van der Waals surface area contributed by atoms with Gasteiger partial charge < -0.3 is 4.74 Å². The molecule has 12 heteroatoms. The van der Waals surface area contributed by atoms with E-state index >= 15 is 0 Å². The first kappa shape index (κ1) is 21.4. The number of carbonyl (C=O) groups excluding carboxylic acids is 1. The maximum Gasteiger partial charge on any atom is 0.416 e. The summed E-state index contributed by atoms with van der Waals surface area (Å²) in [5.41, 5.74) is -0.469. The number of benzene rings is 1. The number of alkyl halides is 3. The predicted octanol–water partition coefficient (Wildman–Crippen LogP) is 1.95. The fraction of sp³-hybridized carbons (Fsp3) is 0.300. The highest BCUT2D eigenvalue weighted by Crippen LogP contribution is 2.31. The standard InChI is InChI=1S/C20H18F3N5O4/c1-10-11(2)28-15-16(25(3)19(31)26(17(15)30)9-14(29)32-4)24-18(28)27(10)13-7-5-12(6-8-13)20(21,22)23/h5-8H,9H2,1-4H3. The number of fused-ring (bicyclic) bond motifs is 3. The average molecular weight is 449 g/mol. The van der Waals surface area contributed by atoms with Gasteiger partial charge in [-0.05, 0) is 38.1 Å². The molecule has 0 aliphatic carbocycles. The minimum Gasteiger partial charge on any atom is -0.468 e. The fourth-order valence-electron chi connectivity index (χ4n) is 3.69. The van der Waals surface area contributed by atoms with Gasteiger partial charge in [0.2, 0.25) is 5.78 Å². The van der Waals surface area contributed by atoms with Crippen LogP contribution in [0.15, 0.2) is 33.9 Å². The average Bonchev–Trinajstić information content (AvgIpc) is 3.24. The van der Waals surface area contributed by atoms with Gasteiger partial charge in [-0.1, -0.05) is 0 Å². The Bertz CT molecular complexity index is 1500. The molecule has 1 aromatic carbocycles. The molecule has 0 saturated heterocycles. The highest BCUT2D eigenvalue weighted by molar-refractivity contribution is 5.78. The van der Waals surface area contributed by atoms with Crippen molar-refractivity contribution in [3.63, 3.8) is 0 Å². The smallest absolute Gasteiger partial charge is 0.416 e. The fourth-order valence-corrected chi connectivity index (χ4v) is 3.69. The Morgan fingerprint density at radius 1 is 1.09 bits per heavy atom. The van der Waals surface area contributed by atoms with Crippen LogP contribution in [-0.4, -0.2) is 36.2 Å². The molecule has 0 aliphatic rings. The van der Waals surface area contributed by atoms with Gasteiger partial charge in [0.05, 0.1) is 12.7 Å². The third kappa shape index (κ3) is 3.01. The lowest BCUT2D eigenvalue weighted by molar-refractivity contribution is -0.141. The van der Waals surface area contributed by atoms with Crippen LogP contribution in [0.25, 0.3) is 22.6 Å². The number of imidazole rings is 2. The number of aryl methyl sites for hydroxylation is 2. The third-order valence-electron chi connectivity index (χ3n) is 5.49. The van der Waals surface area contributed by atoms with E-state index in [1.165, 1.54) is 23.6 Å². The second-order valence-electron chi connectivity index (χ2n) is 7.28. The Morgan fingerprint density at radius 3 is 2.28 bits per heavy atom. The maximum absolute atomic E-state index is 13.1. The van der Waals surface area contributed by atoms with Crippen molar-refractivity contribution in [2.45, 2.75) is 26.6 Å². The molecule has 0 spiro atoms. The van der Waals surface area contributed by atoms with E-state index in [2.05, 4.69) is 9.72 Å². The summed E-state index contributed by atoms with van der Waals surface area (Å²) in [4.78, 5) is 41.9. The van der Waals surface area contributed by atoms with Crippen LogP contribution >= 0.6 is 0 Å². The first-order valence-corrected chi connectivity index (χ1v) is 9.41. The van der Waals surface area contributed by atoms with Gasteiger partial charge in [-0.2, -0.15) is 18.2 Å². The molecule has 0 bridgehead atoms. The van der Waals surface area contributed by atoms with Gasteiger partial charge >= 0.3 is 17.8 Å². The molecular weight excluding hydrogens is 431 g/mol. The van der Waals surface area contributed by atoms with Gasteiger partial charge in [0.25, 0.3) is 5.56 Å². The number of halogens is 3. The molecule has 4 rings (SSSR count). The first-order valence-electron chi connectivity index (χ1n) is 9.41. The molecule has 0 amide bonds. The van der Waals surface area contributed by atoms with E-state index in [9.17, 15) is 27.6 Å². The van der Waals surface area contributed by atoms with Crippen LogP contribution < -0.4 is 11.2 Å². The van der Waals surface area contributed by atoms with Crippen molar-refractivity contribution in [2.75, 3.05) is 7.11 Å². The van der Waals surface area contributed by atoms with Gasteiger partial charge in [0.15, 0.2) is 11.2 Å². The summed E-state index contributed by atoms with van der Waals surface area (Å²) < 4.78 is 48.4. The molecule has 0 aliphatic heterocycles. The van der Waals surface area contributed by atoms with Crippen LogP contribution in [0.2, 0.25) is 0 Å². The van der Waals surface area contributed by atoms with Gasteiger partial charge in [-0.3, -0.25) is 23.1 Å². The quantitative estimate of drug-likeness (QED) is 0.446. The van der Waals surface area contributed by atoms with Crippen molar-refractivity contribution in [1.29, 1.82) is 0 Å². The zero-order valence-corrected chi connectivity index (χ0v) is 17.5. The number of ether oxygens (including phenoxy) is 1.